The number of hydrogen-bond donors (Lipinski definition) is 2. The minimum absolute atomic E-state index is 0.178. The number of methoxy groups -OCH3 is 3. The molecule has 4 aromatic carbocycles. The van der Waals surface area contributed by atoms with E-state index in [0.29, 0.717) is 79.0 Å². The molecule has 0 fully saturated rings. The molecule has 2 N–H and O–H groups in total. The molecule has 0 spiro atoms. The zero-order valence-electron chi connectivity index (χ0n) is 32.4. The number of hydrogen-bond acceptors (Lipinski definition) is 7. The second-order valence-electron chi connectivity index (χ2n) is 15.4. The van der Waals surface area contributed by atoms with E-state index < -0.39 is 30.1 Å². The topological polar surface area (TPSA) is 121 Å². The van der Waals surface area contributed by atoms with E-state index in [2.05, 4.69) is 0 Å². The summed E-state index contributed by atoms with van der Waals surface area (Å²) in [6.45, 7) is 4.68. The van der Waals surface area contributed by atoms with Crippen LogP contribution in [-0.4, -0.2) is 91.7 Å². The summed E-state index contributed by atoms with van der Waals surface area (Å²) in [5.41, 5.74) is 5.68. The third kappa shape index (κ3) is 6.62. The Morgan fingerprint density at radius 1 is 0.709 bits per heavy atom. The Morgan fingerprint density at radius 2 is 1.25 bits per heavy atom. The average Bonchev–Trinajstić information content (AvgIpc) is 3.17. The molecule has 4 aliphatic heterocycles. The molecule has 11 nitrogen and oxygen atoms in total. The lowest BCUT2D eigenvalue weighted by Gasteiger charge is -2.48. The first-order valence-electron chi connectivity index (χ1n) is 18.6. The van der Waals surface area contributed by atoms with Gasteiger partial charge in [0.2, 0.25) is 0 Å². The van der Waals surface area contributed by atoms with Gasteiger partial charge in [-0.15, -0.1) is 0 Å². The molecular weight excluding hydrogens is 724 g/mol. The number of carboxylic acid groups (broad SMARTS) is 2. The van der Waals surface area contributed by atoms with Gasteiger partial charge in [-0.2, -0.15) is 0 Å². The lowest BCUT2D eigenvalue weighted by molar-refractivity contribution is -0.954. The van der Waals surface area contributed by atoms with E-state index in [0.717, 1.165) is 33.4 Å². The van der Waals surface area contributed by atoms with E-state index in [1.54, 1.807) is 35.2 Å². The molecule has 8 rings (SSSR count). The van der Waals surface area contributed by atoms with Crippen LogP contribution >= 0.6 is 11.6 Å². The van der Waals surface area contributed by atoms with Gasteiger partial charge in [-0.05, 0) is 78.6 Å². The van der Waals surface area contributed by atoms with Crippen molar-refractivity contribution in [2.75, 3.05) is 48.5 Å². The van der Waals surface area contributed by atoms with Gasteiger partial charge in [0, 0.05) is 31.2 Å². The van der Waals surface area contributed by atoms with Crippen molar-refractivity contribution in [2.24, 2.45) is 0 Å². The Morgan fingerprint density at radius 3 is 1.87 bits per heavy atom. The molecule has 0 saturated heterocycles. The highest BCUT2D eigenvalue weighted by molar-refractivity contribution is 6.33. The Kier molecular flexibility index (Phi) is 10.2. The van der Waals surface area contributed by atoms with Crippen LogP contribution in [0.15, 0.2) is 60.7 Å². The molecule has 4 heterocycles. The maximum Gasteiger partial charge on any atom is 0.362 e. The van der Waals surface area contributed by atoms with E-state index in [4.69, 9.17) is 35.3 Å². The number of likely N-dealkylation sites (N-methyl/N-ethyl adjacent to an activating group) is 2. The van der Waals surface area contributed by atoms with Gasteiger partial charge in [0.15, 0.2) is 40.8 Å². The highest BCUT2D eigenvalue weighted by Gasteiger charge is 2.49. The SMILES string of the molecule is COc1ccc2cc1Oc1ccc(cc1)CC1c3cc(c(OC)cc3CC[N+]1(C)C(C)C(=O)O)Oc1c(Cl)c(OC)cc3c1C(C2)[N+](C)(C(C)C(=O)O)CC3. The van der Waals surface area contributed by atoms with Gasteiger partial charge < -0.3 is 42.9 Å². The largest absolute Gasteiger partial charge is 0.495 e. The molecule has 4 aromatic rings. The first kappa shape index (κ1) is 38.3. The summed E-state index contributed by atoms with van der Waals surface area (Å²) in [7, 11) is 8.75. The molecule has 0 aliphatic carbocycles. The van der Waals surface area contributed by atoms with Crippen LogP contribution < -0.4 is 23.7 Å². The normalized spacial score (nSPS) is 23.8. The smallest absolute Gasteiger partial charge is 0.362 e. The molecule has 4 aliphatic rings. The lowest BCUT2D eigenvalue weighted by Crippen LogP contribution is -2.59. The summed E-state index contributed by atoms with van der Waals surface area (Å²) in [6, 6.07) is 17.4. The minimum Gasteiger partial charge on any atom is -0.495 e. The molecule has 12 heteroatoms. The third-order valence-corrected chi connectivity index (χ3v) is 13.1. The number of aliphatic carboxylic acids is 2. The second-order valence-corrected chi connectivity index (χ2v) is 15.8. The van der Waals surface area contributed by atoms with Crippen molar-refractivity contribution >= 4 is 23.5 Å². The monoisotopic (exact) mass is 772 g/mol. The Balaban J connectivity index is 1.52. The van der Waals surface area contributed by atoms with Crippen molar-refractivity contribution in [3.05, 3.63) is 99.1 Å². The highest BCUT2D eigenvalue weighted by atomic mass is 35.5. The van der Waals surface area contributed by atoms with E-state index in [1.807, 2.05) is 74.8 Å². The summed E-state index contributed by atoms with van der Waals surface area (Å²) < 4.78 is 31.5. The maximum absolute atomic E-state index is 12.8. The van der Waals surface area contributed by atoms with E-state index in [1.165, 1.54) is 0 Å². The zero-order chi connectivity index (χ0) is 39.4. The lowest BCUT2D eigenvalue weighted by atomic mass is 9.84. The van der Waals surface area contributed by atoms with Crippen LogP contribution in [0.25, 0.3) is 0 Å². The molecule has 290 valence electrons. The van der Waals surface area contributed by atoms with Crippen molar-refractivity contribution in [3.8, 4) is 40.2 Å². The fourth-order valence-corrected chi connectivity index (χ4v) is 9.16. The Labute approximate surface area is 326 Å². The number of ether oxygens (including phenoxy) is 5. The molecule has 0 aromatic heterocycles. The van der Waals surface area contributed by atoms with Crippen LogP contribution in [0.1, 0.15) is 59.3 Å². The summed E-state index contributed by atoms with van der Waals surface area (Å²) >= 11 is 7.25. The van der Waals surface area contributed by atoms with Gasteiger partial charge in [0.05, 0.1) is 54.1 Å². The summed E-state index contributed by atoms with van der Waals surface area (Å²) in [5, 5.41) is 21.1. The van der Waals surface area contributed by atoms with Crippen molar-refractivity contribution in [1.82, 2.24) is 0 Å². The van der Waals surface area contributed by atoms with Crippen LogP contribution in [-0.2, 0) is 35.3 Å². The number of halogens is 1. The molecule has 0 saturated carbocycles. The van der Waals surface area contributed by atoms with E-state index in [-0.39, 0.29) is 20.0 Å². The van der Waals surface area contributed by atoms with Crippen LogP contribution in [0.5, 0.6) is 40.2 Å². The van der Waals surface area contributed by atoms with Crippen LogP contribution in [0.2, 0.25) is 5.02 Å². The number of quaternary nitrogens is 2. The van der Waals surface area contributed by atoms with Gasteiger partial charge in [0.1, 0.15) is 28.6 Å². The molecule has 55 heavy (non-hydrogen) atoms. The number of rotatable bonds is 7. The predicted molar refractivity (Wildman–Crippen MR) is 207 cm³/mol. The van der Waals surface area contributed by atoms with Gasteiger partial charge >= 0.3 is 11.9 Å². The van der Waals surface area contributed by atoms with Crippen molar-refractivity contribution in [1.29, 1.82) is 0 Å². The quantitative estimate of drug-likeness (QED) is 0.182. The van der Waals surface area contributed by atoms with Crippen LogP contribution in [0.3, 0.4) is 0 Å². The summed E-state index contributed by atoms with van der Waals surface area (Å²) in [6.07, 6.45) is 2.17. The molecule has 6 unspecified atom stereocenters. The van der Waals surface area contributed by atoms with Crippen LogP contribution in [0.4, 0.5) is 0 Å². The Hall–Kier alpha value is -4.97. The molecule has 0 amide bonds. The standard InChI is InChI=1S/C43H47ClN2O9/c1-24(42(47)48)45(3)16-14-28-21-35(52-6)37-23-31(28)32(45)18-26-8-11-30(12-9-26)54-36-20-27(10-13-34(36)51-5)19-33-39-29(15-17-46(33,4)25(2)43(49)50)22-38(53-7)40(44)41(39)55-37/h8-13,20-25,32-33H,14-19H2,1-7H3/p+2. The predicted octanol–water partition coefficient (Wildman–Crippen LogP) is 7.78. The number of fused-ring (bicyclic) bond motifs is 2. The van der Waals surface area contributed by atoms with Crippen molar-refractivity contribution in [2.45, 2.75) is 63.7 Å². The zero-order valence-corrected chi connectivity index (χ0v) is 33.1. The number of benzene rings is 4. The molecule has 6 bridgehead atoms. The maximum atomic E-state index is 12.8. The summed E-state index contributed by atoms with van der Waals surface area (Å²) in [5.74, 6) is 1.64. The minimum atomic E-state index is -0.908. The van der Waals surface area contributed by atoms with Gasteiger partial charge in [-0.1, -0.05) is 29.8 Å². The molecule has 6 atom stereocenters. The van der Waals surface area contributed by atoms with Crippen LogP contribution in [0, 0.1) is 0 Å². The number of carbonyl (C=O) groups is 2. The molecular formula is C43H49ClN2O9+2. The average molecular weight is 773 g/mol. The number of carboxylic acids is 2. The fourth-order valence-electron chi connectivity index (χ4n) is 8.89. The third-order valence-electron chi connectivity index (χ3n) is 12.7. The van der Waals surface area contributed by atoms with Gasteiger partial charge in [-0.3, -0.25) is 0 Å². The van der Waals surface area contributed by atoms with Crippen molar-refractivity contribution in [3.63, 3.8) is 0 Å². The van der Waals surface area contributed by atoms with E-state index in [9.17, 15) is 19.8 Å². The molecule has 0 radical (unpaired) electrons. The van der Waals surface area contributed by atoms with Gasteiger partial charge in [0.25, 0.3) is 0 Å². The summed E-state index contributed by atoms with van der Waals surface area (Å²) in [4.78, 5) is 25.5. The van der Waals surface area contributed by atoms with Gasteiger partial charge in [-0.25, -0.2) is 9.59 Å². The fraction of sp³-hybridized carbons (Fsp3) is 0.395. The first-order valence-corrected chi connectivity index (χ1v) is 19.0. The highest BCUT2D eigenvalue weighted by Crippen LogP contribution is 2.53. The first-order chi connectivity index (χ1) is 26.2. The second kappa shape index (κ2) is 14.6. The van der Waals surface area contributed by atoms with E-state index >= 15 is 0 Å². The Bertz CT molecular complexity index is 2160. The van der Waals surface area contributed by atoms with Crippen molar-refractivity contribution < 1.29 is 52.5 Å². The number of nitrogens with zero attached hydrogens (tertiary/aromatic N) is 2.